The molecule has 2 aromatic rings. The first kappa shape index (κ1) is 13.7. The third-order valence-electron chi connectivity index (χ3n) is 2.46. The Bertz CT molecular complexity index is 546. The van der Waals surface area contributed by atoms with E-state index in [4.69, 9.17) is 21.1 Å². The number of methoxy groups -OCH3 is 2. The SMILES string of the molecule is COCc1cc(Cl)nc(Cc2ccc(OC)nc2)n1. The molecular weight excluding hydrogens is 266 g/mol. The fraction of sp³-hybridized carbons (Fsp3) is 0.308. The van der Waals surface area contributed by atoms with Crippen LogP contribution in [0.1, 0.15) is 17.1 Å². The summed E-state index contributed by atoms with van der Waals surface area (Å²) in [6, 6.07) is 5.42. The van der Waals surface area contributed by atoms with E-state index in [1.54, 1.807) is 32.5 Å². The zero-order chi connectivity index (χ0) is 13.7. The molecule has 0 aliphatic carbocycles. The van der Waals surface area contributed by atoms with Gasteiger partial charge < -0.3 is 9.47 Å². The Morgan fingerprint density at radius 3 is 2.68 bits per heavy atom. The van der Waals surface area contributed by atoms with Gasteiger partial charge in [-0.3, -0.25) is 0 Å². The molecule has 6 heteroatoms. The van der Waals surface area contributed by atoms with Gasteiger partial charge in [-0.05, 0) is 11.6 Å². The lowest BCUT2D eigenvalue weighted by Gasteiger charge is -2.05. The van der Waals surface area contributed by atoms with Crippen LogP contribution in [0.15, 0.2) is 24.4 Å². The molecule has 0 amide bonds. The highest BCUT2D eigenvalue weighted by Crippen LogP contribution is 2.13. The number of pyridine rings is 1. The van der Waals surface area contributed by atoms with Crippen molar-refractivity contribution < 1.29 is 9.47 Å². The van der Waals surface area contributed by atoms with Crippen molar-refractivity contribution >= 4 is 11.6 Å². The third kappa shape index (κ3) is 3.87. The average Bonchev–Trinajstić information content (AvgIpc) is 2.39. The number of aromatic nitrogens is 3. The number of nitrogens with zero attached hydrogens (tertiary/aromatic N) is 3. The molecule has 2 rings (SSSR count). The summed E-state index contributed by atoms with van der Waals surface area (Å²) in [6.45, 7) is 0.413. The highest BCUT2D eigenvalue weighted by molar-refractivity contribution is 6.29. The van der Waals surface area contributed by atoms with Crippen LogP contribution in [0.25, 0.3) is 0 Å². The molecule has 0 atom stereocenters. The molecule has 0 saturated heterocycles. The maximum Gasteiger partial charge on any atom is 0.212 e. The van der Waals surface area contributed by atoms with E-state index in [2.05, 4.69) is 15.0 Å². The Morgan fingerprint density at radius 1 is 1.21 bits per heavy atom. The van der Waals surface area contributed by atoms with Crippen molar-refractivity contribution in [1.82, 2.24) is 15.0 Å². The Kier molecular flexibility index (Phi) is 4.65. The molecule has 0 N–H and O–H groups in total. The highest BCUT2D eigenvalue weighted by atomic mass is 35.5. The molecule has 0 bridgehead atoms. The van der Waals surface area contributed by atoms with E-state index in [9.17, 15) is 0 Å². The van der Waals surface area contributed by atoms with Crippen molar-refractivity contribution in [3.63, 3.8) is 0 Å². The summed E-state index contributed by atoms with van der Waals surface area (Å²) in [7, 11) is 3.20. The van der Waals surface area contributed by atoms with Gasteiger partial charge in [-0.2, -0.15) is 0 Å². The first-order valence-corrected chi connectivity index (χ1v) is 6.09. The van der Waals surface area contributed by atoms with Gasteiger partial charge in [0.1, 0.15) is 11.0 Å². The zero-order valence-electron chi connectivity index (χ0n) is 10.8. The predicted molar refractivity (Wildman–Crippen MR) is 71.4 cm³/mol. The number of rotatable bonds is 5. The van der Waals surface area contributed by atoms with Crippen LogP contribution < -0.4 is 4.74 Å². The van der Waals surface area contributed by atoms with Crippen molar-refractivity contribution in [2.24, 2.45) is 0 Å². The van der Waals surface area contributed by atoms with E-state index >= 15 is 0 Å². The second-order valence-electron chi connectivity index (χ2n) is 3.92. The van der Waals surface area contributed by atoms with Crippen LogP contribution in [0.2, 0.25) is 5.15 Å². The van der Waals surface area contributed by atoms with Gasteiger partial charge in [0.15, 0.2) is 0 Å². The Hall–Kier alpha value is -1.72. The summed E-state index contributed by atoms with van der Waals surface area (Å²) in [5, 5.41) is 0.415. The third-order valence-corrected chi connectivity index (χ3v) is 2.65. The maximum atomic E-state index is 5.96. The summed E-state index contributed by atoms with van der Waals surface area (Å²) < 4.78 is 10.1. The quantitative estimate of drug-likeness (QED) is 0.786. The Labute approximate surface area is 116 Å². The molecule has 19 heavy (non-hydrogen) atoms. The summed E-state index contributed by atoms with van der Waals surface area (Å²) >= 11 is 5.96. The largest absolute Gasteiger partial charge is 0.481 e. The molecule has 100 valence electrons. The fourth-order valence-electron chi connectivity index (χ4n) is 1.64. The number of hydrogen-bond acceptors (Lipinski definition) is 5. The van der Waals surface area contributed by atoms with Gasteiger partial charge in [0.05, 0.1) is 19.4 Å². The van der Waals surface area contributed by atoms with Crippen LogP contribution in [0.5, 0.6) is 5.88 Å². The monoisotopic (exact) mass is 279 g/mol. The number of halogens is 1. The van der Waals surface area contributed by atoms with Crippen LogP contribution in [-0.4, -0.2) is 29.2 Å². The van der Waals surface area contributed by atoms with Gasteiger partial charge in [-0.1, -0.05) is 17.7 Å². The van der Waals surface area contributed by atoms with Crippen LogP contribution in [0.4, 0.5) is 0 Å². The molecule has 2 heterocycles. The molecule has 0 aliphatic rings. The summed E-state index contributed by atoms with van der Waals surface area (Å²) in [5.74, 6) is 1.22. The van der Waals surface area contributed by atoms with Crippen LogP contribution in [-0.2, 0) is 17.8 Å². The van der Waals surface area contributed by atoms with Crippen molar-refractivity contribution in [2.45, 2.75) is 13.0 Å². The Morgan fingerprint density at radius 2 is 2.05 bits per heavy atom. The summed E-state index contributed by atoms with van der Waals surface area (Å²) in [4.78, 5) is 12.7. The standard InChI is InChI=1S/C13H14ClN3O2/c1-18-8-10-6-11(14)17-12(16-10)5-9-3-4-13(19-2)15-7-9/h3-4,6-7H,5,8H2,1-2H3. The van der Waals surface area contributed by atoms with E-state index in [0.29, 0.717) is 29.9 Å². The molecular formula is C13H14ClN3O2. The molecule has 0 spiro atoms. The maximum absolute atomic E-state index is 5.96. The minimum Gasteiger partial charge on any atom is -0.481 e. The number of ether oxygens (including phenoxy) is 2. The van der Waals surface area contributed by atoms with Gasteiger partial charge in [-0.15, -0.1) is 0 Å². The second-order valence-corrected chi connectivity index (χ2v) is 4.30. The van der Waals surface area contributed by atoms with E-state index in [1.165, 1.54) is 0 Å². The molecule has 0 unspecified atom stereocenters. The highest BCUT2D eigenvalue weighted by Gasteiger charge is 2.05. The second kappa shape index (κ2) is 6.45. The first-order valence-electron chi connectivity index (χ1n) is 5.71. The van der Waals surface area contributed by atoms with E-state index < -0.39 is 0 Å². The molecule has 0 radical (unpaired) electrons. The minimum absolute atomic E-state index is 0.413. The molecule has 2 aromatic heterocycles. The molecule has 0 aliphatic heterocycles. The summed E-state index contributed by atoms with van der Waals surface area (Å²) in [5.41, 5.74) is 1.76. The molecule has 0 fully saturated rings. The van der Waals surface area contributed by atoms with Gasteiger partial charge in [0.2, 0.25) is 5.88 Å². The number of hydrogen-bond donors (Lipinski definition) is 0. The van der Waals surface area contributed by atoms with Crippen molar-refractivity contribution in [1.29, 1.82) is 0 Å². The van der Waals surface area contributed by atoms with Gasteiger partial charge >= 0.3 is 0 Å². The Balaban J connectivity index is 2.17. The predicted octanol–water partition coefficient (Wildman–Crippen LogP) is 2.27. The van der Waals surface area contributed by atoms with E-state index in [1.807, 2.05) is 6.07 Å². The van der Waals surface area contributed by atoms with Crippen molar-refractivity contribution in [2.75, 3.05) is 14.2 Å². The topological polar surface area (TPSA) is 57.1 Å². The van der Waals surface area contributed by atoms with Gasteiger partial charge in [-0.25, -0.2) is 15.0 Å². The van der Waals surface area contributed by atoms with Crippen LogP contribution in [0.3, 0.4) is 0 Å². The normalized spacial score (nSPS) is 10.5. The molecule has 0 saturated carbocycles. The summed E-state index contributed by atoms with van der Waals surface area (Å²) in [6.07, 6.45) is 2.30. The van der Waals surface area contributed by atoms with Crippen LogP contribution in [0, 0.1) is 0 Å². The average molecular weight is 280 g/mol. The molecule has 5 nitrogen and oxygen atoms in total. The fourth-order valence-corrected chi connectivity index (χ4v) is 1.86. The van der Waals surface area contributed by atoms with Gasteiger partial charge in [0.25, 0.3) is 0 Å². The first-order chi connectivity index (χ1) is 9.21. The lowest BCUT2D eigenvalue weighted by molar-refractivity contribution is 0.181. The minimum atomic E-state index is 0.413. The van der Waals surface area contributed by atoms with E-state index in [0.717, 1.165) is 11.3 Å². The van der Waals surface area contributed by atoms with Crippen molar-refractivity contribution in [3.8, 4) is 5.88 Å². The van der Waals surface area contributed by atoms with Crippen LogP contribution >= 0.6 is 11.6 Å². The van der Waals surface area contributed by atoms with E-state index in [-0.39, 0.29) is 0 Å². The smallest absolute Gasteiger partial charge is 0.212 e. The van der Waals surface area contributed by atoms with Crippen molar-refractivity contribution in [3.05, 3.63) is 46.6 Å². The lowest BCUT2D eigenvalue weighted by atomic mass is 10.2. The lowest BCUT2D eigenvalue weighted by Crippen LogP contribution is -2.02. The molecule has 0 aromatic carbocycles. The zero-order valence-corrected chi connectivity index (χ0v) is 11.5. The van der Waals surface area contributed by atoms with Gasteiger partial charge in [0, 0.05) is 25.8 Å².